The van der Waals surface area contributed by atoms with Gasteiger partial charge in [0.2, 0.25) is 0 Å². The van der Waals surface area contributed by atoms with Crippen LogP contribution in [0.4, 0.5) is 5.82 Å². The number of ether oxygens (including phenoxy) is 2. The molecule has 1 aromatic rings. The van der Waals surface area contributed by atoms with Crippen LogP contribution in [0, 0.1) is 0 Å². The minimum absolute atomic E-state index is 0.243. The van der Waals surface area contributed by atoms with Gasteiger partial charge in [0.15, 0.2) is 0 Å². The monoisotopic (exact) mass is 295 g/mol. The lowest BCUT2D eigenvalue weighted by Gasteiger charge is -2.32. The lowest BCUT2D eigenvalue weighted by atomic mass is 10.1. The van der Waals surface area contributed by atoms with E-state index in [1.807, 2.05) is 12.3 Å². The Morgan fingerprint density at radius 3 is 2.67 bits per heavy atom. The summed E-state index contributed by atoms with van der Waals surface area (Å²) in [5.74, 6) is 1.01. The van der Waals surface area contributed by atoms with Crippen molar-refractivity contribution >= 4 is 5.82 Å². The minimum Gasteiger partial charge on any atom is -0.383 e. The topological polar surface area (TPSA) is 46.6 Å². The molecule has 0 bridgehead atoms. The van der Waals surface area contributed by atoms with E-state index < -0.39 is 0 Å². The number of anilines is 1. The van der Waals surface area contributed by atoms with E-state index in [0.29, 0.717) is 13.2 Å². The summed E-state index contributed by atoms with van der Waals surface area (Å²) < 4.78 is 10.6. The summed E-state index contributed by atoms with van der Waals surface area (Å²) in [6, 6.07) is 4.63. The van der Waals surface area contributed by atoms with Crippen LogP contribution in [-0.2, 0) is 9.47 Å². The second kappa shape index (κ2) is 9.71. The Kier molecular flexibility index (Phi) is 8.27. The number of aromatic nitrogens is 1. The van der Waals surface area contributed by atoms with E-state index in [2.05, 4.69) is 42.0 Å². The molecule has 0 radical (unpaired) electrons. The highest BCUT2D eigenvalue weighted by Crippen LogP contribution is 2.25. The van der Waals surface area contributed by atoms with Crippen LogP contribution in [0.5, 0.6) is 0 Å². The molecule has 0 aliphatic heterocycles. The molecule has 5 heteroatoms. The fraction of sp³-hybridized carbons (Fsp3) is 0.688. The van der Waals surface area contributed by atoms with Crippen molar-refractivity contribution in [1.29, 1.82) is 0 Å². The van der Waals surface area contributed by atoms with E-state index in [-0.39, 0.29) is 12.1 Å². The lowest BCUT2D eigenvalue weighted by molar-refractivity contribution is 0.170. The van der Waals surface area contributed by atoms with Crippen LogP contribution < -0.4 is 10.2 Å². The molecule has 0 amide bonds. The van der Waals surface area contributed by atoms with E-state index in [1.54, 1.807) is 14.2 Å². The lowest BCUT2D eigenvalue weighted by Crippen LogP contribution is -2.40. The van der Waals surface area contributed by atoms with Crippen molar-refractivity contribution < 1.29 is 9.47 Å². The summed E-state index contributed by atoms with van der Waals surface area (Å²) >= 11 is 0. The standard InChI is InChI=1S/C16H29N3O2/c1-6-17-14(3)15-8-7-9-18-16(15)19(10-11-20-4)13(2)12-21-5/h7-9,13-14,17H,6,10-12H2,1-5H3. The van der Waals surface area contributed by atoms with Crippen molar-refractivity contribution in [2.24, 2.45) is 0 Å². The van der Waals surface area contributed by atoms with Gasteiger partial charge in [-0.05, 0) is 26.5 Å². The third-order valence-electron chi connectivity index (χ3n) is 3.54. The number of hydrogen-bond donors (Lipinski definition) is 1. The van der Waals surface area contributed by atoms with E-state index in [4.69, 9.17) is 9.47 Å². The zero-order valence-corrected chi connectivity index (χ0v) is 13.9. The van der Waals surface area contributed by atoms with Gasteiger partial charge in [0, 0.05) is 38.6 Å². The fourth-order valence-corrected chi connectivity index (χ4v) is 2.46. The normalized spacial score (nSPS) is 14.0. The first-order chi connectivity index (χ1) is 10.2. The maximum absolute atomic E-state index is 5.31. The van der Waals surface area contributed by atoms with Gasteiger partial charge in [0.25, 0.3) is 0 Å². The summed E-state index contributed by atoms with van der Waals surface area (Å²) in [6.07, 6.45) is 1.84. The molecular formula is C16H29N3O2. The molecule has 0 spiro atoms. The summed E-state index contributed by atoms with van der Waals surface area (Å²) in [4.78, 5) is 6.87. The zero-order chi connectivity index (χ0) is 15.7. The average molecular weight is 295 g/mol. The molecular weight excluding hydrogens is 266 g/mol. The Balaban J connectivity index is 3.05. The first-order valence-electron chi connectivity index (χ1n) is 7.58. The molecule has 0 aliphatic rings. The quantitative estimate of drug-likeness (QED) is 0.717. The molecule has 1 aromatic heterocycles. The minimum atomic E-state index is 0.243. The summed E-state index contributed by atoms with van der Waals surface area (Å²) in [6.45, 7) is 9.48. The van der Waals surface area contributed by atoms with Crippen molar-refractivity contribution in [3.63, 3.8) is 0 Å². The number of hydrogen-bond acceptors (Lipinski definition) is 5. The predicted octanol–water partition coefficient (Wildman–Crippen LogP) is 2.24. The van der Waals surface area contributed by atoms with Crippen LogP contribution >= 0.6 is 0 Å². The van der Waals surface area contributed by atoms with Crippen LogP contribution in [-0.4, -0.2) is 51.5 Å². The first-order valence-corrected chi connectivity index (χ1v) is 7.58. The van der Waals surface area contributed by atoms with Crippen molar-refractivity contribution in [3.8, 4) is 0 Å². The molecule has 1 heterocycles. The van der Waals surface area contributed by atoms with Crippen molar-refractivity contribution in [3.05, 3.63) is 23.9 Å². The largest absolute Gasteiger partial charge is 0.383 e. The molecule has 120 valence electrons. The van der Waals surface area contributed by atoms with Crippen molar-refractivity contribution in [1.82, 2.24) is 10.3 Å². The molecule has 0 saturated carbocycles. The Morgan fingerprint density at radius 2 is 2.05 bits per heavy atom. The molecule has 0 aliphatic carbocycles. The highest BCUT2D eigenvalue weighted by Gasteiger charge is 2.20. The molecule has 0 aromatic carbocycles. The van der Waals surface area contributed by atoms with Crippen LogP contribution in [0.25, 0.3) is 0 Å². The second-order valence-corrected chi connectivity index (χ2v) is 5.19. The molecule has 5 nitrogen and oxygen atoms in total. The third kappa shape index (κ3) is 5.26. The molecule has 2 atom stereocenters. The van der Waals surface area contributed by atoms with Crippen LogP contribution in [0.1, 0.15) is 32.4 Å². The molecule has 1 N–H and O–H groups in total. The molecule has 2 unspecified atom stereocenters. The SMILES string of the molecule is CCNC(C)c1cccnc1N(CCOC)C(C)COC. The van der Waals surface area contributed by atoms with Gasteiger partial charge in [-0.25, -0.2) is 4.98 Å². The maximum Gasteiger partial charge on any atom is 0.133 e. The molecule has 21 heavy (non-hydrogen) atoms. The summed E-state index contributed by atoms with van der Waals surface area (Å²) in [5.41, 5.74) is 1.21. The van der Waals surface area contributed by atoms with Gasteiger partial charge in [0.1, 0.15) is 5.82 Å². The van der Waals surface area contributed by atoms with Gasteiger partial charge in [-0.1, -0.05) is 13.0 Å². The first kappa shape index (κ1) is 17.9. The second-order valence-electron chi connectivity index (χ2n) is 5.19. The zero-order valence-electron chi connectivity index (χ0n) is 13.9. The number of nitrogens with one attached hydrogen (secondary N) is 1. The van der Waals surface area contributed by atoms with E-state index in [0.717, 1.165) is 18.9 Å². The van der Waals surface area contributed by atoms with Crippen LogP contribution in [0.2, 0.25) is 0 Å². The predicted molar refractivity (Wildman–Crippen MR) is 86.9 cm³/mol. The number of pyridine rings is 1. The molecule has 0 saturated heterocycles. The van der Waals surface area contributed by atoms with Gasteiger partial charge in [-0.15, -0.1) is 0 Å². The average Bonchev–Trinajstić information content (AvgIpc) is 2.48. The van der Waals surface area contributed by atoms with Crippen molar-refractivity contribution in [2.75, 3.05) is 45.4 Å². The fourth-order valence-electron chi connectivity index (χ4n) is 2.46. The van der Waals surface area contributed by atoms with E-state index in [9.17, 15) is 0 Å². The van der Waals surface area contributed by atoms with Gasteiger partial charge in [0.05, 0.1) is 19.3 Å². The highest BCUT2D eigenvalue weighted by atomic mass is 16.5. The van der Waals surface area contributed by atoms with Gasteiger partial charge >= 0.3 is 0 Å². The van der Waals surface area contributed by atoms with Crippen molar-refractivity contribution in [2.45, 2.75) is 32.9 Å². The Hall–Kier alpha value is -1.17. The number of methoxy groups -OCH3 is 2. The Bertz CT molecular complexity index is 401. The Labute approximate surface area is 128 Å². The number of rotatable bonds is 10. The van der Waals surface area contributed by atoms with Crippen LogP contribution in [0.15, 0.2) is 18.3 Å². The van der Waals surface area contributed by atoms with Crippen LogP contribution in [0.3, 0.4) is 0 Å². The van der Waals surface area contributed by atoms with E-state index in [1.165, 1.54) is 5.56 Å². The van der Waals surface area contributed by atoms with Gasteiger partial charge in [-0.2, -0.15) is 0 Å². The Morgan fingerprint density at radius 1 is 1.29 bits per heavy atom. The summed E-state index contributed by atoms with van der Waals surface area (Å²) in [5, 5.41) is 3.45. The maximum atomic E-state index is 5.31. The van der Waals surface area contributed by atoms with Gasteiger partial charge < -0.3 is 19.7 Å². The van der Waals surface area contributed by atoms with E-state index >= 15 is 0 Å². The molecule has 1 rings (SSSR count). The third-order valence-corrected chi connectivity index (χ3v) is 3.54. The van der Waals surface area contributed by atoms with Gasteiger partial charge in [-0.3, -0.25) is 0 Å². The highest BCUT2D eigenvalue weighted by molar-refractivity contribution is 5.49. The number of nitrogens with zero attached hydrogens (tertiary/aromatic N) is 2. The summed E-state index contributed by atoms with van der Waals surface area (Å²) in [7, 11) is 3.45. The molecule has 0 fully saturated rings. The smallest absolute Gasteiger partial charge is 0.133 e.